The summed E-state index contributed by atoms with van der Waals surface area (Å²) in [6.07, 6.45) is 0.312. The van der Waals surface area contributed by atoms with Gasteiger partial charge in [0.15, 0.2) is 0 Å². The van der Waals surface area contributed by atoms with Crippen LogP contribution in [0.25, 0.3) is 10.6 Å². The maximum atomic E-state index is 12.8. The van der Waals surface area contributed by atoms with E-state index in [2.05, 4.69) is 10.3 Å². The van der Waals surface area contributed by atoms with Crippen LogP contribution in [-0.2, 0) is 4.79 Å². The van der Waals surface area contributed by atoms with Crippen LogP contribution in [0.4, 0.5) is 0 Å². The molecule has 2 atom stereocenters. The van der Waals surface area contributed by atoms with Crippen LogP contribution in [0, 0.1) is 5.92 Å². The molecule has 6 nitrogen and oxygen atoms in total. The molecule has 2 N–H and O–H groups in total. The molecule has 0 spiro atoms. The Morgan fingerprint density at radius 1 is 1.22 bits per heavy atom. The molecule has 1 fully saturated rings. The van der Waals surface area contributed by atoms with Crippen molar-refractivity contribution in [3.63, 3.8) is 0 Å². The Hall–Kier alpha value is -2.25. The highest BCUT2D eigenvalue weighted by atomic mass is 32.1. The van der Waals surface area contributed by atoms with E-state index < -0.39 is 6.10 Å². The SMILES string of the molecule is CC(C)C(=O)N[C@H]1CCN(C(=O)c2csc(-c3ccccc3)n2)CC[C@@H]1O. The monoisotopic (exact) mass is 387 g/mol. The molecule has 2 aromatic rings. The van der Waals surface area contributed by atoms with Crippen LogP contribution in [0.5, 0.6) is 0 Å². The molecule has 1 aromatic heterocycles. The zero-order chi connectivity index (χ0) is 19.4. The third kappa shape index (κ3) is 4.73. The average Bonchev–Trinajstić information content (AvgIpc) is 3.09. The molecule has 27 heavy (non-hydrogen) atoms. The Morgan fingerprint density at radius 3 is 2.63 bits per heavy atom. The number of aromatic nitrogens is 1. The average molecular weight is 388 g/mol. The van der Waals surface area contributed by atoms with Crippen molar-refractivity contribution in [1.29, 1.82) is 0 Å². The van der Waals surface area contributed by atoms with E-state index in [1.54, 1.807) is 10.3 Å². The van der Waals surface area contributed by atoms with E-state index in [0.29, 0.717) is 31.6 Å². The molecule has 0 radical (unpaired) electrons. The van der Waals surface area contributed by atoms with Crippen LogP contribution < -0.4 is 5.32 Å². The lowest BCUT2D eigenvalue weighted by Crippen LogP contribution is -2.44. The van der Waals surface area contributed by atoms with Crippen LogP contribution in [0.15, 0.2) is 35.7 Å². The predicted molar refractivity (Wildman–Crippen MR) is 105 cm³/mol. The summed E-state index contributed by atoms with van der Waals surface area (Å²) in [7, 11) is 0. The van der Waals surface area contributed by atoms with Crippen LogP contribution in [-0.4, -0.2) is 52.0 Å². The van der Waals surface area contributed by atoms with Gasteiger partial charge in [-0.2, -0.15) is 0 Å². The number of likely N-dealkylation sites (tertiary alicyclic amines) is 1. The largest absolute Gasteiger partial charge is 0.391 e. The molecule has 0 bridgehead atoms. The number of rotatable bonds is 4. The topological polar surface area (TPSA) is 82.5 Å². The minimum atomic E-state index is -0.652. The molecule has 2 heterocycles. The van der Waals surface area contributed by atoms with E-state index >= 15 is 0 Å². The van der Waals surface area contributed by atoms with E-state index in [0.717, 1.165) is 10.6 Å². The van der Waals surface area contributed by atoms with Gasteiger partial charge in [0.05, 0.1) is 12.1 Å². The minimum Gasteiger partial charge on any atom is -0.391 e. The quantitative estimate of drug-likeness (QED) is 0.845. The van der Waals surface area contributed by atoms with E-state index in [1.165, 1.54) is 11.3 Å². The molecule has 1 saturated heterocycles. The molecule has 0 aliphatic carbocycles. The number of hydrogen-bond donors (Lipinski definition) is 2. The van der Waals surface area contributed by atoms with Crippen molar-refractivity contribution in [3.8, 4) is 10.6 Å². The van der Waals surface area contributed by atoms with Crippen LogP contribution in [0.2, 0.25) is 0 Å². The second-order valence-electron chi connectivity index (χ2n) is 7.11. The molecule has 3 rings (SSSR count). The van der Waals surface area contributed by atoms with Crippen LogP contribution in [0.3, 0.4) is 0 Å². The zero-order valence-corrected chi connectivity index (χ0v) is 16.4. The predicted octanol–water partition coefficient (Wildman–Crippen LogP) is 2.55. The van der Waals surface area contributed by atoms with Gasteiger partial charge < -0.3 is 15.3 Å². The lowest BCUT2D eigenvalue weighted by molar-refractivity contribution is -0.125. The van der Waals surface area contributed by atoms with Gasteiger partial charge in [-0.15, -0.1) is 11.3 Å². The third-order valence-electron chi connectivity index (χ3n) is 4.75. The molecule has 0 unspecified atom stereocenters. The summed E-state index contributed by atoms with van der Waals surface area (Å²) < 4.78 is 0. The summed E-state index contributed by atoms with van der Waals surface area (Å²) >= 11 is 1.45. The normalized spacial score (nSPS) is 20.4. The number of nitrogens with one attached hydrogen (secondary N) is 1. The molecule has 7 heteroatoms. The lowest BCUT2D eigenvalue weighted by atomic mass is 10.1. The zero-order valence-electron chi connectivity index (χ0n) is 15.6. The standard InChI is InChI=1S/C20H25N3O3S/c1-13(2)18(25)21-15-8-10-23(11-9-17(15)24)20(26)16-12-27-19(22-16)14-6-4-3-5-7-14/h3-7,12-13,15,17,24H,8-11H2,1-2H3,(H,21,25)/t15-,17-/m0/s1. The minimum absolute atomic E-state index is 0.0779. The molecule has 0 saturated carbocycles. The number of nitrogens with zero attached hydrogens (tertiary/aromatic N) is 2. The van der Waals surface area contributed by atoms with E-state index in [9.17, 15) is 14.7 Å². The Bertz CT molecular complexity index is 791. The first-order valence-electron chi connectivity index (χ1n) is 9.24. The summed E-state index contributed by atoms with van der Waals surface area (Å²) in [6, 6.07) is 9.45. The van der Waals surface area contributed by atoms with Gasteiger partial charge in [0.1, 0.15) is 10.7 Å². The second-order valence-corrected chi connectivity index (χ2v) is 7.97. The Balaban J connectivity index is 1.66. The van der Waals surface area contributed by atoms with Gasteiger partial charge in [-0.25, -0.2) is 4.98 Å². The Morgan fingerprint density at radius 2 is 1.93 bits per heavy atom. The molecule has 144 valence electrons. The highest BCUT2D eigenvalue weighted by molar-refractivity contribution is 7.13. The smallest absolute Gasteiger partial charge is 0.273 e. The van der Waals surface area contributed by atoms with Gasteiger partial charge >= 0.3 is 0 Å². The van der Waals surface area contributed by atoms with E-state index in [-0.39, 0.29) is 23.8 Å². The van der Waals surface area contributed by atoms with Crippen molar-refractivity contribution in [1.82, 2.24) is 15.2 Å². The maximum absolute atomic E-state index is 12.8. The summed E-state index contributed by atoms with van der Waals surface area (Å²) in [5.74, 6) is -0.341. The second kappa shape index (κ2) is 8.63. The third-order valence-corrected chi connectivity index (χ3v) is 5.64. The Labute approximate surface area is 163 Å². The van der Waals surface area contributed by atoms with Crippen molar-refractivity contribution >= 4 is 23.2 Å². The van der Waals surface area contributed by atoms with E-state index in [4.69, 9.17) is 0 Å². The molecule has 1 aliphatic rings. The first kappa shape index (κ1) is 19.5. The number of amides is 2. The van der Waals surface area contributed by atoms with Crippen molar-refractivity contribution < 1.29 is 14.7 Å². The summed E-state index contributed by atoms with van der Waals surface area (Å²) in [5, 5.41) is 15.8. The van der Waals surface area contributed by atoms with Gasteiger partial charge in [0.2, 0.25) is 5.91 Å². The van der Waals surface area contributed by atoms with Crippen molar-refractivity contribution in [2.75, 3.05) is 13.1 Å². The lowest BCUT2D eigenvalue weighted by Gasteiger charge is -2.22. The number of carbonyl (C=O) groups is 2. The van der Waals surface area contributed by atoms with Crippen molar-refractivity contribution in [2.24, 2.45) is 5.92 Å². The Kier molecular flexibility index (Phi) is 6.23. The fourth-order valence-electron chi connectivity index (χ4n) is 3.06. The highest BCUT2D eigenvalue weighted by Crippen LogP contribution is 2.24. The number of benzene rings is 1. The maximum Gasteiger partial charge on any atom is 0.273 e. The number of aliphatic hydroxyl groups excluding tert-OH is 1. The van der Waals surface area contributed by atoms with Crippen LogP contribution in [0.1, 0.15) is 37.2 Å². The molecule has 2 amide bonds. The molecular formula is C20H25N3O3S. The first-order chi connectivity index (χ1) is 13.0. The first-order valence-corrected chi connectivity index (χ1v) is 10.1. The fraction of sp³-hybridized carbons (Fsp3) is 0.450. The van der Waals surface area contributed by atoms with Gasteiger partial charge in [-0.1, -0.05) is 44.2 Å². The number of aliphatic hydroxyl groups is 1. The summed E-state index contributed by atoms with van der Waals surface area (Å²) in [4.78, 5) is 31.0. The number of carbonyl (C=O) groups excluding carboxylic acids is 2. The number of hydrogen-bond acceptors (Lipinski definition) is 5. The van der Waals surface area contributed by atoms with Gasteiger partial charge in [0, 0.05) is 30.0 Å². The number of thiazole rings is 1. The van der Waals surface area contributed by atoms with Gasteiger partial charge in [-0.3, -0.25) is 9.59 Å². The van der Waals surface area contributed by atoms with Gasteiger partial charge in [-0.05, 0) is 12.8 Å². The summed E-state index contributed by atoms with van der Waals surface area (Å²) in [6.45, 7) is 4.57. The fourth-order valence-corrected chi connectivity index (χ4v) is 3.86. The molecular weight excluding hydrogens is 362 g/mol. The highest BCUT2D eigenvalue weighted by Gasteiger charge is 2.29. The van der Waals surface area contributed by atoms with Crippen molar-refractivity contribution in [3.05, 3.63) is 41.4 Å². The summed E-state index contributed by atoms with van der Waals surface area (Å²) in [5.41, 5.74) is 1.42. The van der Waals surface area contributed by atoms with Crippen molar-refractivity contribution in [2.45, 2.75) is 38.8 Å². The molecule has 1 aromatic carbocycles. The molecule has 1 aliphatic heterocycles. The van der Waals surface area contributed by atoms with Crippen LogP contribution >= 0.6 is 11.3 Å². The van der Waals surface area contributed by atoms with Gasteiger partial charge in [0.25, 0.3) is 5.91 Å². The van der Waals surface area contributed by atoms with E-state index in [1.807, 2.05) is 44.2 Å².